The van der Waals surface area contributed by atoms with Gasteiger partial charge in [0.2, 0.25) is 0 Å². The predicted octanol–water partition coefficient (Wildman–Crippen LogP) is 3.90. The third-order valence-electron chi connectivity index (χ3n) is 4.28. The highest BCUT2D eigenvalue weighted by Gasteiger charge is 2.32. The number of halogens is 2. The van der Waals surface area contributed by atoms with Crippen molar-refractivity contribution >= 4 is 17.4 Å². The zero-order valence-electron chi connectivity index (χ0n) is 11.8. The van der Waals surface area contributed by atoms with Gasteiger partial charge in [0.25, 0.3) is 0 Å². The number of benzene rings is 1. The number of nitrogens with one attached hydrogen (secondary N) is 1. The minimum atomic E-state index is -0.395. The van der Waals surface area contributed by atoms with Crippen LogP contribution in [0.1, 0.15) is 44.1 Å². The Hall–Kier alpha value is -0.930. The molecule has 0 bridgehead atoms. The van der Waals surface area contributed by atoms with Gasteiger partial charge >= 0.3 is 0 Å². The normalized spacial score (nSPS) is 17.9. The number of Topliss-reactive ketones (excluding diaryl/α,β-unsaturated/α-hetero) is 1. The molecule has 2 rings (SSSR count). The van der Waals surface area contributed by atoms with Crippen LogP contribution in [0, 0.1) is 5.82 Å². The van der Waals surface area contributed by atoms with Crippen molar-refractivity contribution in [2.45, 2.75) is 50.5 Å². The minimum Gasteiger partial charge on any atom is -0.314 e. The van der Waals surface area contributed by atoms with Crippen LogP contribution < -0.4 is 5.32 Å². The van der Waals surface area contributed by atoms with E-state index in [9.17, 15) is 9.18 Å². The third kappa shape index (κ3) is 3.80. The van der Waals surface area contributed by atoms with Gasteiger partial charge in [0.05, 0.1) is 0 Å². The van der Waals surface area contributed by atoms with Crippen LogP contribution in [0.5, 0.6) is 0 Å². The van der Waals surface area contributed by atoms with E-state index in [1.807, 2.05) is 7.05 Å². The van der Waals surface area contributed by atoms with Gasteiger partial charge in [-0.25, -0.2) is 4.39 Å². The van der Waals surface area contributed by atoms with E-state index >= 15 is 0 Å². The molecule has 0 atom stereocenters. The molecule has 0 heterocycles. The topological polar surface area (TPSA) is 29.1 Å². The molecule has 0 saturated heterocycles. The summed E-state index contributed by atoms with van der Waals surface area (Å²) in [5.74, 6) is -0.310. The zero-order chi connectivity index (χ0) is 14.6. The molecule has 1 aromatic carbocycles. The summed E-state index contributed by atoms with van der Waals surface area (Å²) in [6.07, 6.45) is 6.23. The Balaban J connectivity index is 2.00. The Morgan fingerprint density at radius 1 is 1.35 bits per heavy atom. The van der Waals surface area contributed by atoms with Gasteiger partial charge in [-0.05, 0) is 37.6 Å². The van der Waals surface area contributed by atoms with Gasteiger partial charge in [0, 0.05) is 23.4 Å². The molecule has 2 nitrogen and oxygen atoms in total. The molecule has 110 valence electrons. The first-order valence-electron chi connectivity index (χ1n) is 7.19. The highest BCUT2D eigenvalue weighted by molar-refractivity contribution is 6.30. The fourth-order valence-electron chi connectivity index (χ4n) is 3.06. The van der Waals surface area contributed by atoms with Crippen molar-refractivity contribution in [3.63, 3.8) is 0 Å². The molecule has 1 saturated carbocycles. The quantitative estimate of drug-likeness (QED) is 0.893. The van der Waals surface area contributed by atoms with E-state index in [-0.39, 0.29) is 17.7 Å². The van der Waals surface area contributed by atoms with Crippen LogP contribution in [0.15, 0.2) is 18.2 Å². The van der Waals surface area contributed by atoms with E-state index in [4.69, 9.17) is 11.6 Å². The fourth-order valence-corrected chi connectivity index (χ4v) is 3.22. The number of hydrogen-bond donors (Lipinski definition) is 1. The lowest BCUT2D eigenvalue weighted by atomic mass is 9.78. The standard InChI is InChI=1S/C16H21ClFNO/c1-19-16(7-3-2-4-8-16)11-14(20)9-12-5-6-13(17)10-15(12)18/h5-6,10,19H,2-4,7-9,11H2,1H3. The van der Waals surface area contributed by atoms with Gasteiger partial charge in [-0.1, -0.05) is 36.9 Å². The molecule has 1 aliphatic rings. The number of hydrogen-bond acceptors (Lipinski definition) is 2. The molecule has 1 aromatic rings. The Morgan fingerprint density at radius 3 is 2.65 bits per heavy atom. The summed E-state index contributed by atoms with van der Waals surface area (Å²) < 4.78 is 13.7. The number of carbonyl (C=O) groups excluding carboxylic acids is 1. The molecule has 20 heavy (non-hydrogen) atoms. The van der Waals surface area contributed by atoms with Crippen LogP contribution in [0.25, 0.3) is 0 Å². The molecule has 1 fully saturated rings. The minimum absolute atomic E-state index is 0.0851. The summed E-state index contributed by atoms with van der Waals surface area (Å²) in [5, 5.41) is 3.68. The van der Waals surface area contributed by atoms with Gasteiger partial charge in [-0.2, -0.15) is 0 Å². The van der Waals surface area contributed by atoms with Crippen molar-refractivity contribution in [3.05, 3.63) is 34.6 Å². The van der Waals surface area contributed by atoms with Gasteiger partial charge < -0.3 is 5.32 Å². The Morgan fingerprint density at radius 2 is 2.05 bits per heavy atom. The van der Waals surface area contributed by atoms with Gasteiger partial charge in [0.1, 0.15) is 11.6 Å². The molecule has 1 N–H and O–H groups in total. The first-order valence-corrected chi connectivity index (χ1v) is 7.57. The summed E-state index contributed by atoms with van der Waals surface area (Å²) in [7, 11) is 1.92. The van der Waals surface area contributed by atoms with Crippen molar-refractivity contribution in [3.8, 4) is 0 Å². The SMILES string of the molecule is CNC1(CC(=O)Cc2ccc(Cl)cc2F)CCCCC1. The monoisotopic (exact) mass is 297 g/mol. The maximum absolute atomic E-state index is 13.7. The Kier molecular flexibility index (Phi) is 5.17. The Bertz CT molecular complexity index is 483. The van der Waals surface area contributed by atoms with Crippen LogP contribution in [0.4, 0.5) is 4.39 Å². The van der Waals surface area contributed by atoms with E-state index in [0.717, 1.165) is 25.7 Å². The molecule has 0 aromatic heterocycles. The largest absolute Gasteiger partial charge is 0.314 e. The van der Waals surface area contributed by atoms with Crippen molar-refractivity contribution in [1.82, 2.24) is 5.32 Å². The molecule has 4 heteroatoms. The molecule has 1 aliphatic carbocycles. The number of rotatable bonds is 5. The van der Waals surface area contributed by atoms with Crippen LogP contribution >= 0.6 is 11.6 Å². The highest BCUT2D eigenvalue weighted by atomic mass is 35.5. The van der Waals surface area contributed by atoms with Crippen molar-refractivity contribution in [1.29, 1.82) is 0 Å². The molecule has 0 unspecified atom stereocenters. The molecule has 0 aliphatic heterocycles. The van der Waals surface area contributed by atoms with E-state index in [1.165, 1.54) is 12.5 Å². The number of carbonyl (C=O) groups is 1. The Labute approximate surface area is 124 Å². The van der Waals surface area contributed by atoms with E-state index < -0.39 is 5.82 Å². The van der Waals surface area contributed by atoms with E-state index in [2.05, 4.69) is 5.32 Å². The smallest absolute Gasteiger partial charge is 0.139 e. The van der Waals surface area contributed by atoms with Crippen LogP contribution in [-0.4, -0.2) is 18.4 Å². The summed E-state index contributed by atoms with van der Waals surface area (Å²) in [6, 6.07) is 4.49. The average molecular weight is 298 g/mol. The lowest BCUT2D eigenvalue weighted by Gasteiger charge is -2.36. The average Bonchev–Trinajstić information content (AvgIpc) is 2.43. The second kappa shape index (κ2) is 6.68. The zero-order valence-corrected chi connectivity index (χ0v) is 12.6. The van der Waals surface area contributed by atoms with Gasteiger partial charge in [0.15, 0.2) is 0 Å². The third-order valence-corrected chi connectivity index (χ3v) is 4.51. The molecule has 0 radical (unpaired) electrons. The molecule has 0 spiro atoms. The second-order valence-electron chi connectivity index (χ2n) is 5.72. The predicted molar refractivity (Wildman–Crippen MR) is 79.6 cm³/mol. The lowest BCUT2D eigenvalue weighted by Crippen LogP contribution is -2.46. The molecule has 0 amide bonds. The van der Waals surface area contributed by atoms with Crippen molar-refractivity contribution in [2.75, 3.05) is 7.05 Å². The van der Waals surface area contributed by atoms with Crippen LogP contribution in [0.2, 0.25) is 5.02 Å². The molecular weight excluding hydrogens is 277 g/mol. The van der Waals surface area contributed by atoms with E-state index in [1.54, 1.807) is 12.1 Å². The molecular formula is C16H21ClFNO. The summed E-state index contributed by atoms with van der Waals surface area (Å²) in [5.41, 5.74) is 0.347. The second-order valence-corrected chi connectivity index (χ2v) is 6.16. The highest BCUT2D eigenvalue weighted by Crippen LogP contribution is 2.31. The maximum Gasteiger partial charge on any atom is 0.139 e. The number of ketones is 1. The van der Waals surface area contributed by atoms with Crippen molar-refractivity contribution in [2.24, 2.45) is 0 Å². The first-order chi connectivity index (χ1) is 9.54. The van der Waals surface area contributed by atoms with Gasteiger partial charge in [-0.3, -0.25) is 4.79 Å². The maximum atomic E-state index is 13.7. The van der Waals surface area contributed by atoms with E-state index in [0.29, 0.717) is 17.0 Å². The summed E-state index contributed by atoms with van der Waals surface area (Å²) in [4.78, 5) is 12.2. The van der Waals surface area contributed by atoms with Crippen molar-refractivity contribution < 1.29 is 9.18 Å². The van der Waals surface area contributed by atoms with Crippen LogP contribution in [0.3, 0.4) is 0 Å². The summed E-state index contributed by atoms with van der Waals surface area (Å²) >= 11 is 5.72. The van der Waals surface area contributed by atoms with Gasteiger partial charge in [-0.15, -0.1) is 0 Å². The summed E-state index contributed by atoms with van der Waals surface area (Å²) in [6.45, 7) is 0. The van der Waals surface area contributed by atoms with Crippen LogP contribution in [-0.2, 0) is 11.2 Å². The first kappa shape index (κ1) is 15.5. The lowest BCUT2D eigenvalue weighted by molar-refractivity contribution is -0.120. The fraction of sp³-hybridized carbons (Fsp3) is 0.562.